The highest BCUT2D eigenvalue weighted by molar-refractivity contribution is 5.37. The summed E-state index contributed by atoms with van der Waals surface area (Å²) in [7, 11) is 0. The molecule has 0 aromatic carbocycles. The Labute approximate surface area is 175 Å². The molecule has 9 nitrogen and oxygen atoms in total. The molecule has 4 heterocycles. The van der Waals surface area contributed by atoms with Gasteiger partial charge in [0.2, 0.25) is 11.9 Å². The molecule has 4 rings (SSSR count). The van der Waals surface area contributed by atoms with Gasteiger partial charge in [-0.05, 0) is 44.0 Å². The summed E-state index contributed by atoms with van der Waals surface area (Å²) in [5, 5.41) is 6.62. The summed E-state index contributed by atoms with van der Waals surface area (Å²) < 4.78 is 10.9. The van der Waals surface area contributed by atoms with E-state index in [1.807, 2.05) is 37.4 Å². The van der Waals surface area contributed by atoms with Crippen LogP contribution in [0.2, 0.25) is 0 Å². The molecular weight excluding hydrogens is 382 g/mol. The number of ether oxygens (including phenoxy) is 1. The molecule has 30 heavy (non-hydrogen) atoms. The van der Waals surface area contributed by atoms with Crippen LogP contribution in [-0.2, 0) is 13.1 Å². The van der Waals surface area contributed by atoms with Crippen LogP contribution in [0.4, 0.5) is 11.9 Å². The van der Waals surface area contributed by atoms with Crippen LogP contribution in [0.5, 0.6) is 6.01 Å². The summed E-state index contributed by atoms with van der Waals surface area (Å²) in [5.41, 5.74) is 1.11. The van der Waals surface area contributed by atoms with Crippen LogP contribution in [0.15, 0.2) is 47.2 Å². The third-order valence-corrected chi connectivity index (χ3v) is 4.92. The predicted octanol–water partition coefficient (Wildman–Crippen LogP) is 2.95. The molecule has 3 aromatic heterocycles. The smallest absolute Gasteiger partial charge is 0.323 e. The fourth-order valence-electron chi connectivity index (χ4n) is 3.41. The first kappa shape index (κ1) is 20.1. The molecule has 0 saturated carbocycles. The molecule has 1 fully saturated rings. The van der Waals surface area contributed by atoms with Crippen LogP contribution < -0.4 is 15.4 Å². The second-order valence-electron chi connectivity index (χ2n) is 7.15. The highest BCUT2D eigenvalue weighted by Crippen LogP contribution is 2.18. The lowest BCUT2D eigenvalue weighted by atomic mass is 10.1. The number of furan rings is 1. The van der Waals surface area contributed by atoms with Crippen molar-refractivity contribution in [2.75, 3.05) is 30.3 Å². The molecule has 0 unspecified atom stereocenters. The highest BCUT2D eigenvalue weighted by atomic mass is 16.5. The molecule has 0 spiro atoms. The van der Waals surface area contributed by atoms with Crippen molar-refractivity contribution < 1.29 is 9.15 Å². The number of pyridine rings is 1. The van der Waals surface area contributed by atoms with Crippen molar-refractivity contribution in [3.05, 3.63) is 54.2 Å². The third-order valence-electron chi connectivity index (χ3n) is 4.92. The minimum atomic E-state index is 0.305. The van der Waals surface area contributed by atoms with Crippen molar-refractivity contribution in [2.24, 2.45) is 0 Å². The van der Waals surface area contributed by atoms with E-state index >= 15 is 0 Å². The van der Waals surface area contributed by atoms with Crippen molar-refractivity contribution in [3.63, 3.8) is 0 Å². The van der Waals surface area contributed by atoms with E-state index in [1.165, 1.54) is 0 Å². The van der Waals surface area contributed by atoms with Gasteiger partial charge in [-0.25, -0.2) is 0 Å². The Kier molecular flexibility index (Phi) is 6.71. The molecule has 1 aliphatic heterocycles. The molecule has 1 saturated heterocycles. The van der Waals surface area contributed by atoms with Crippen molar-refractivity contribution in [3.8, 4) is 6.01 Å². The van der Waals surface area contributed by atoms with Crippen LogP contribution >= 0.6 is 0 Å². The molecule has 2 N–H and O–H groups in total. The summed E-state index contributed by atoms with van der Waals surface area (Å²) in [5.74, 6) is 1.79. The van der Waals surface area contributed by atoms with E-state index in [4.69, 9.17) is 9.15 Å². The molecule has 0 amide bonds. The number of likely N-dealkylation sites (tertiary alicyclic amines) is 1. The van der Waals surface area contributed by atoms with E-state index in [1.54, 1.807) is 6.26 Å². The topological polar surface area (TPSA) is 101 Å². The highest BCUT2D eigenvalue weighted by Gasteiger charge is 2.21. The van der Waals surface area contributed by atoms with Gasteiger partial charge >= 0.3 is 6.01 Å². The summed E-state index contributed by atoms with van der Waals surface area (Å²) in [6.45, 7) is 5.78. The Morgan fingerprint density at radius 3 is 2.70 bits per heavy atom. The van der Waals surface area contributed by atoms with E-state index in [2.05, 4.69) is 41.5 Å². The second-order valence-corrected chi connectivity index (χ2v) is 7.15. The standard InChI is InChI=1S/C21H27N7O2/c1-2-29-21-26-19(23-14-18-7-5-13-30-18)25-20(27-21)24-16-8-11-28(12-9-16)15-17-6-3-4-10-22-17/h3-7,10,13,16H,2,8-9,11-12,14-15H2,1H3,(H2,23,24,25,26,27). The number of piperidine rings is 1. The summed E-state index contributed by atoms with van der Waals surface area (Å²) in [6.07, 6.45) is 5.51. The SMILES string of the molecule is CCOc1nc(NCc2ccco2)nc(NC2CCN(Cc3ccccn3)CC2)n1. The number of aromatic nitrogens is 4. The van der Waals surface area contributed by atoms with Gasteiger partial charge in [0.05, 0.1) is 25.1 Å². The number of rotatable bonds is 9. The normalized spacial score (nSPS) is 15.1. The molecule has 0 bridgehead atoms. The zero-order chi connectivity index (χ0) is 20.6. The molecule has 1 aliphatic rings. The van der Waals surface area contributed by atoms with Crippen molar-refractivity contribution >= 4 is 11.9 Å². The van der Waals surface area contributed by atoms with Crippen LogP contribution in [0, 0.1) is 0 Å². The summed E-state index contributed by atoms with van der Waals surface area (Å²) in [4.78, 5) is 20.1. The predicted molar refractivity (Wildman–Crippen MR) is 113 cm³/mol. The van der Waals surface area contributed by atoms with Gasteiger partial charge in [0.25, 0.3) is 0 Å². The maximum atomic E-state index is 5.52. The zero-order valence-electron chi connectivity index (χ0n) is 17.1. The average molecular weight is 409 g/mol. The maximum absolute atomic E-state index is 5.52. The van der Waals surface area contributed by atoms with Gasteiger partial charge in [-0.3, -0.25) is 9.88 Å². The first-order valence-corrected chi connectivity index (χ1v) is 10.3. The van der Waals surface area contributed by atoms with Crippen LogP contribution in [0.3, 0.4) is 0 Å². The summed E-state index contributed by atoms with van der Waals surface area (Å²) >= 11 is 0. The lowest BCUT2D eigenvalue weighted by Crippen LogP contribution is -2.39. The summed E-state index contributed by atoms with van der Waals surface area (Å²) in [6, 6.07) is 10.4. The number of nitrogens with zero attached hydrogens (tertiary/aromatic N) is 5. The lowest BCUT2D eigenvalue weighted by molar-refractivity contribution is 0.209. The minimum Gasteiger partial charge on any atom is -0.467 e. The second kappa shape index (κ2) is 10.0. The first-order valence-electron chi connectivity index (χ1n) is 10.3. The van der Waals surface area contributed by atoms with Crippen LogP contribution in [-0.4, -0.2) is 50.6 Å². The molecule has 9 heteroatoms. The van der Waals surface area contributed by atoms with E-state index < -0.39 is 0 Å². The molecule has 158 valence electrons. The molecule has 3 aromatic rings. The van der Waals surface area contributed by atoms with Gasteiger partial charge in [-0.15, -0.1) is 0 Å². The number of nitrogens with one attached hydrogen (secondary N) is 2. The molecule has 0 atom stereocenters. The Morgan fingerprint density at radius 2 is 1.97 bits per heavy atom. The van der Waals surface area contributed by atoms with Gasteiger partial charge in [0, 0.05) is 31.9 Å². The zero-order valence-corrected chi connectivity index (χ0v) is 17.1. The molecule has 0 radical (unpaired) electrons. The molecule has 0 aliphatic carbocycles. The van der Waals surface area contributed by atoms with Gasteiger partial charge in [0.15, 0.2) is 0 Å². The van der Waals surface area contributed by atoms with Crippen molar-refractivity contribution in [1.82, 2.24) is 24.8 Å². The monoisotopic (exact) mass is 409 g/mol. The van der Waals surface area contributed by atoms with Crippen LogP contribution in [0.1, 0.15) is 31.2 Å². The van der Waals surface area contributed by atoms with Crippen molar-refractivity contribution in [1.29, 1.82) is 0 Å². The Bertz CT molecular complexity index is 897. The fourth-order valence-corrected chi connectivity index (χ4v) is 3.41. The molecular formula is C21H27N7O2. The third kappa shape index (κ3) is 5.66. The Balaban J connectivity index is 1.34. The van der Waals surface area contributed by atoms with Crippen LogP contribution in [0.25, 0.3) is 0 Å². The Hall–Kier alpha value is -3.20. The Morgan fingerprint density at radius 1 is 1.10 bits per heavy atom. The van der Waals surface area contributed by atoms with Gasteiger partial charge < -0.3 is 19.8 Å². The number of anilines is 2. The maximum Gasteiger partial charge on any atom is 0.323 e. The van der Waals surface area contributed by atoms with E-state index in [0.717, 1.165) is 43.9 Å². The average Bonchev–Trinajstić information content (AvgIpc) is 3.28. The number of hydrogen-bond donors (Lipinski definition) is 2. The first-order chi connectivity index (χ1) is 14.8. The lowest BCUT2D eigenvalue weighted by Gasteiger charge is -2.32. The quantitative estimate of drug-likeness (QED) is 0.552. The van der Waals surface area contributed by atoms with Gasteiger partial charge in [0.1, 0.15) is 5.76 Å². The van der Waals surface area contributed by atoms with Crippen molar-refractivity contribution in [2.45, 2.75) is 38.9 Å². The largest absolute Gasteiger partial charge is 0.467 e. The fraction of sp³-hybridized carbons (Fsp3) is 0.429. The van der Waals surface area contributed by atoms with E-state index in [-0.39, 0.29) is 0 Å². The minimum absolute atomic E-state index is 0.305. The van der Waals surface area contributed by atoms with Gasteiger partial charge in [-0.1, -0.05) is 6.07 Å². The van der Waals surface area contributed by atoms with E-state index in [0.29, 0.717) is 37.1 Å². The number of hydrogen-bond acceptors (Lipinski definition) is 9. The van der Waals surface area contributed by atoms with Gasteiger partial charge in [-0.2, -0.15) is 15.0 Å². The van der Waals surface area contributed by atoms with E-state index in [9.17, 15) is 0 Å².